The zero-order valence-electron chi connectivity index (χ0n) is 15.8. The molecule has 0 bridgehead atoms. The van der Waals surface area contributed by atoms with Gasteiger partial charge in [-0.05, 0) is 24.6 Å². The summed E-state index contributed by atoms with van der Waals surface area (Å²) in [6, 6.07) is 4.37. The van der Waals surface area contributed by atoms with Gasteiger partial charge in [0, 0.05) is 31.2 Å². The third kappa shape index (κ3) is 3.18. The molecule has 1 aliphatic rings. The Morgan fingerprint density at radius 2 is 2.20 bits per heavy atom. The fraction of sp³-hybridized carbons (Fsp3) is 0.300. The standard InChI is InChI=1S/C20H18F2N6O2/c21-11-1-2-13-16(7-11)28(6-5-27-4-3-12(22)10-27)26-17(13)15-9-24-19-18(25-15)14(8-23-19)20(29)30/h1-2,7-9,12H,3-6,10H2,(H,23,24)(H,29,30)/t12-/m0/s1. The molecule has 2 N–H and O–H groups in total. The highest BCUT2D eigenvalue weighted by atomic mass is 19.1. The van der Waals surface area contributed by atoms with Gasteiger partial charge in [0.05, 0.1) is 18.3 Å². The van der Waals surface area contributed by atoms with Crippen LogP contribution in [0.1, 0.15) is 16.8 Å². The number of aromatic nitrogens is 5. The van der Waals surface area contributed by atoms with Crippen LogP contribution in [0.5, 0.6) is 0 Å². The van der Waals surface area contributed by atoms with E-state index in [1.54, 1.807) is 10.7 Å². The maximum absolute atomic E-state index is 13.9. The lowest BCUT2D eigenvalue weighted by molar-refractivity contribution is 0.0699. The van der Waals surface area contributed by atoms with Gasteiger partial charge in [-0.3, -0.25) is 9.58 Å². The fourth-order valence-electron chi connectivity index (χ4n) is 3.90. The summed E-state index contributed by atoms with van der Waals surface area (Å²) in [6.07, 6.45) is 2.57. The molecule has 0 unspecified atom stereocenters. The highest BCUT2D eigenvalue weighted by Gasteiger charge is 2.22. The highest BCUT2D eigenvalue weighted by Crippen LogP contribution is 2.29. The minimum atomic E-state index is -1.11. The van der Waals surface area contributed by atoms with Gasteiger partial charge in [-0.15, -0.1) is 0 Å². The summed E-state index contributed by atoms with van der Waals surface area (Å²) in [5, 5.41) is 14.6. The van der Waals surface area contributed by atoms with Crippen molar-refractivity contribution in [3.05, 3.63) is 42.0 Å². The summed E-state index contributed by atoms with van der Waals surface area (Å²) in [5.74, 6) is -1.50. The summed E-state index contributed by atoms with van der Waals surface area (Å²) in [4.78, 5) is 24.9. The van der Waals surface area contributed by atoms with Gasteiger partial charge in [-0.25, -0.2) is 23.5 Å². The Bertz CT molecular complexity index is 1270. The van der Waals surface area contributed by atoms with Crippen LogP contribution < -0.4 is 0 Å². The van der Waals surface area contributed by atoms with Crippen molar-refractivity contribution < 1.29 is 18.7 Å². The second kappa shape index (κ2) is 7.13. The fourth-order valence-corrected chi connectivity index (χ4v) is 3.90. The lowest BCUT2D eigenvalue weighted by atomic mass is 10.1. The first-order valence-corrected chi connectivity index (χ1v) is 9.60. The van der Waals surface area contributed by atoms with Crippen molar-refractivity contribution in [1.82, 2.24) is 29.6 Å². The monoisotopic (exact) mass is 412 g/mol. The molecule has 30 heavy (non-hydrogen) atoms. The summed E-state index contributed by atoms with van der Waals surface area (Å²) in [7, 11) is 0. The smallest absolute Gasteiger partial charge is 0.339 e. The molecule has 4 heterocycles. The minimum Gasteiger partial charge on any atom is -0.478 e. The van der Waals surface area contributed by atoms with Gasteiger partial charge in [-0.1, -0.05) is 0 Å². The molecule has 0 amide bonds. The number of alkyl halides is 1. The molecule has 0 spiro atoms. The van der Waals surface area contributed by atoms with Crippen LogP contribution in [0, 0.1) is 5.82 Å². The molecule has 154 valence electrons. The molecule has 4 aromatic rings. The molecular formula is C20H18F2N6O2. The average molecular weight is 412 g/mol. The Morgan fingerprint density at radius 3 is 2.97 bits per heavy atom. The summed E-state index contributed by atoms with van der Waals surface area (Å²) < 4.78 is 29.1. The number of benzene rings is 1. The van der Waals surface area contributed by atoms with E-state index >= 15 is 0 Å². The Kier molecular flexibility index (Phi) is 4.43. The number of aromatic amines is 1. The van der Waals surface area contributed by atoms with Crippen LogP contribution in [0.2, 0.25) is 0 Å². The van der Waals surface area contributed by atoms with Crippen molar-refractivity contribution in [1.29, 1.82) is 0 Å². The van der Waals surface area contributed by atoms with E-state index in [0.717, 1.165) is 0 Å². The summed E-state index contributed by atoms with van der Waals surface area (Å²) >= 11 is 0. The van der Waals surface area contributed by atoms with E-state index in [9.17, 15) is 18.7 Å². The Balaban J connectivity index is 1.56. The van der Waals surface area contributed by atoms with Crippen LogP contribution in [-0.2, 0) is 6.54 Å². The number of likely N-dealkylation sites (tertiary alicyclic amines) is 1. The normalized spacial score (nSPS) is 17.3. The number of hydrogen-bond donors (Lipinski definition) is 2. The molecule has 1 atom stereocenters. The first-order valence-electron chi connectivity index (χ1n) is 9.60. The molecule has 5 rings (SSSR count). The minimum absolute atomic E-state index is 0.0175. The maximum Gasteiger partial charge on any atom is 0.339 e. The second-order valence-electron chi connectivity index (χ2n) is 7.38. The largest absolute Gasteiger partial charge is 0.478 e. The Hall–Kier alpha value is -3.40. The molecule has 1 aromatic carbocycles. The Labute approximate surface area is 169 Å². The van der Waals surface area contributed by atoms with E-state index in [1.807, 2.05) is 4.90 Å². The predicted molar refractivity (Wildman–Crippen MR) is 105 cm³/mol. The van der Waals surface area contributed by atoms with Gasteiger partial charge in [0.1, 0.15) is 34.5 Å². The van der Waals surface area contributed by atoms with Gasteiger partial charge in [0.2, 0.25) is 0 Å². The van der Waals surface area contributed by atoms with Crippen molar-refractivity contribution >= 4 is 28.0 Å². The van der Waals surface area contributed by atoms with E-state index in [4.69, 9.17) is 0 Å². The second-order valence-corrected chi connectivity index (χ2v) is 7.38. The number of nitrogens with one attached hydrogen (secondary N) is 1. The predicted octanol–water partition coefficient (Wildman–Crippen LogP) is 2.86. The third-order valence-electron chi connectivity index (χ3n) is 5.41. The lowest BCUT2D eigenvalue weighted by Crippen LogP contribution is -2.25. The quantitative estimate of drug-likeness (QED) is 0.523. The van der Waals surface area contributed by atoms with Crippen LogP contribution in [0.3, 0.4) is 0 Å². The van der Waals surface area contributed by atoms with E-state index in [-0.39, 0.29) is 16.9 Å². The molecule has 0 aliphatic carbocycles. The number of carboxylic acids is 1. The van der Waals surface area contributed by atoms with Gasteiger partial charge >= 0.3 is 5.97 Å². The molecule has 0 radical (unpaired) electrons. The number of hydrogen-bond acceptors (Lipinski definition) is 5. The van der Waals surface area contributed by atoms with Crippen LogP contribution in [0.4, 0.5) is 8.78 Å². The third-order valence-corrected chi connectivity index (χ3v) is 5.41. The molecule has 3 aromatic heterocycles. The SMILES string of the molecule is O=C(O)c1c[nH]c2ncc(-c3nn(CCN4CC[C@H](F)C4)c4cc(F)ccc34)nc12. The molecule has 8 nitrogen and oxygen atoms in total. The van der Waals surface area contributed by atoms with Crippen LogP contribution >= 0.6 is 0 Å². The number of fused-ring (bicyclic) bond motifs is 2. The van der Waals surface area contributed by atoms with Crippen LogP contribution in [-0.4, -0.2) is 66.5 Å². The molecule has 1 fully saturated rings. The zero-order valence-corrected chi connectivity index (χ0v) is 15.8. The maximum atomic E-state index is 13.9. The number of carbonyl (C=O) groups is 1. The van der Waals surface area contributed by atoms with Crippen molar-refractivity contribution in [2.75, 3.05) is 19.6 Å². The van der Waals surface area contributed by atoms with Gasteiger partial charge < -0.3 is 10.1 Å². The van der Waals surface area contributed by atoms with E-state index in [1.165, 1.54) is 24.5 Å². The molecule has 1 saturated heterocycles. The number of aromatic carboxylic acids is 1. The molecule has 10 heteroatoms. The van der Waals surface area contributed by atoms with E-state index in [2.05, 4.69) is 20.1 Å². The van der Waals surface area contributed by atoms with Crippen molar-refractivity contribution in [3.8, 4) is 11.4 Å². The first-order chi connectivity index (χ1) is 14.5. The number of halogens is 2. The number of nitrogens with zero attached hydrogens (tertiary/aromatic N) is 5. The van der Waals surface area contributed by atoms with Gasteiger partial charge in [0.15, 0.2) is 5.65 Å². The number of H-pyrrole nitrogens is 1. The molecule has 0 saturated carbocycles. The molecular weight excluding hydrogens is 394 g/mol. The van der Waals surface area contributed by atoms with Crippen LogP contribution in [0.15, 0.2) is 30.6 Å². The van der Waals surface area contributed by atoms with Crippen LogP contribution in [0.25, 0.3) is 33.5 Å². The molecule has 1 aliphatic heterocycles. The summed E-state index contributed by atoms with van der Waals surface area (Å²) in [5.41, 5.74) is 2.09. The average Bonchev–Trinajstić information content (AvgIpc) is 3.42. The van der Waals surface area contributed by atoms with Gasteiger partial charge in [-0.2, -0.15) is 5.10 Å². The van der Waals surface area contributed by atoms with Crippen molar-refractivity contribution in [2.45, 2.75) is 19.1 Å². The first kappa shape index (κ1) is 18.6. The number of rotatable bonds is 5. The Morgan fingerprint density at radius 1 is 1.33 bits per heavy atom. The topological polar surface area (TPSA) is 99.9 Å². The van der Waals surface area contributed by atoms with Gasteiger partial charge in [0.25, 0.3) is 0 Å². The van der Waals surface area contributed by atoms with E-state index in [0.29, 0.717) is 60.5 Å². The van der Waals surface area contributed by atoms with Crippen molar-refractivity contribution in [2.24, 2.45) is 0 Å². The lowest BCUT2D eigenvalue weighted by Gasteiger charge is -2.14. The zero-order chi connectivity index (χ0) is 20.8. The van der Waals surface area contributed by atoms with Crippen molar-refractivity contribution in [3.63, 3.8) is 0 Å². The van der Waals surface area contributed by atoms with E-state index < -0.39 is 12.1 Å². The highest BCUT2D eigenvalue weighted by molar-refractivity contribution is 6.01. The summed E-state index contributed by atoms with van der Waals surface area (Å²) in [6.45, 7) is 2.15. The number of carboxylic acid groups (broad SMARTS) is 1.